The molecule has 110 valence electrons. The summed E-state index contributed by atoms with van der Waals surface area (Å²) >= 11 is 7.13. The number of nitrogens with one attached hydrogen (secondary N) is 1. The topological polar surface area (TPSA) is 85.8 Å². The number of carbonyl (C=O) groups excluding carboxylic acids is 1. The van der Waals surface area contributed by atoms with Gasteiger partial charge in [0.25, 0.3) is 0 Å². The molecular formula is C13H14ClN5OS. The Morgan fingerprint density at radius 3 is 3.00 bits per heavy atom. The van der Waals surface area contributed by atoms with Crippen LogP contribution in [0.5, 0.6) is 0 Å². The number of carbonyl (C=O) groups is 1. The van der Waals surface area contributed by atoms with Crippen molar-refractivity contribution in [3.63, 3.8) is 0 Å². The minimum absolute atomic E-state index is 0.141. The zero-order valence-corrected chi connectivity index (χ0v) is 12.7. The van der Waals surface area contributed by atoms with E-state index in [0.29, 0.717) is 21.8 Å². The molecule has 0 bridgehead atoms. The van der Waals surface area contributed by atoms with Gasteiger partial charge in [0.2, 0.25) is 11.1 Å². The van der Waals surface area contributed by atoms with E-state index in [1.54, 1.807) is 24.3 Å². The molecule has 3 rings (SSSR count). The largest absolute Gasteiger partial charge is 0.336 e. The second kappa shape index (κ2) is 5.95. The van der Waals surface area contributed by atoms with Crippen molar-refractivity contribution in [1.29, 1.82) is 0 Å². The average Bonchev–Trinajstić information content (AvgIpc) is 3.21. The molecule has 3 N–H and O–H groups in total. The predicted octanol–water partition coefficient (Wildman–Crippen LogP) is 2.25. The molecule has 0 spiro atoms. The number of anilines is 1. The summed E-state index contributed by atoms with van der Waals surface area (Å²) in [5.74, 6) is 7.23. The van der Waals surface area contributed by atoms with Crippen LogP contribution >= 0.6 is 23.4 Å². The van der Waals surface area contributed by atoms with Crippen LogP contribution in [0.2, 0.25) is 5.02 Å². The molecule has 8 heteroatoms. The van der Waals surface area contributed by atoms with Crippen molar-refractivity contribution < 1.29 is 4.79 Å². The van der Waals surface area contributed by atoms with Gasteiger partial charge < -0.3 is 11.2 Å². The molecule has 1 aliphatic carbocycles. The molecule has 0 atom stereocenters. The summed E-state index contributed by atoms with van der Waals surface area (Å²) in [6.45, 7) is 0. The van der Waals surface area contributed by atoms with Crippen LogP contribution in [0.1, 0.15) is 24.6 Å². The number of hydrogen-bond acceptors (Lipinski definition) is 5. The zero-order chi connectivity index (χ0) is 14.8. The lowest BCUT2D eigenvalue weighted by Crippen LogP contribution is -2.17. The van der Waals surface area contributed by atoms with Gasteiger partial charge in [0.1, 0.15) is 0 Å². The number of benzene rings is 1. The van der Waals surface area contributed by atoms with E-state index in [-0.39, 0.29) is 11.7 Å². The Hall–Kier alpha value is -1.73. The van der Waals surface area contributed by atoms with Crippen molar-refractivity contribution in [3.05, 3.63) is 35.1 Å². The fraction of sp³-hybridized carbons (Fsp3) is 0.308. The number of hydrogen-bond donors (Lipinski definition) is 2. The van der Waals surface area contributed by atoms with Gasteiger partial charge in [0.05, 0.1) is 5.75 Å². The van der Waals surface area contributed by atoms with Gasteiger partial charge in [-0.3, -0.25) is 4.79 Å². The Bertz CT molecular complexity index is 670. The first kappa shape index (κ1) is 14.2. The molecule has 1 aromatic carbocycles. The Kier molecular flexibility index (Phi) is 4.03. The van der Waals surface area contributed by atoms with E-state index in [2.05, 4.69) is 15.5 Å². The van der Waals surface area contributed by atoms with Crippen LogP contribution in [0.3, 0.4) is 0 Å². The number of thioether (sulfide) groups is 1. The lowest BCUT2D eigenvalue weighted by Gasteiger charge is -2.05. The normalized spacial score (nSPS) is 14.1. The quantitative estimate of drug-likeness (QED) is 0.651. The van der Waals surface area contributed by atoms with Crippen molar-refractivity contribution >= 4 is 35.0 Å². The smallest absolute Gasteiger partial charge is 0.234 e. The van der Waals surface area contributed by atoms with Crippen LogP contribution < -0.4 is 11.2 Å². The molecular weight excluding hydrogens is 310 g/mol. The first-order valence-electron chi connectivity index (χ1n) is 6.52. The minimum Gasteiger partial charge on any atom is -0.336 e. The van der Waals surface area contributed by atoms with Gasteiger partial charge in [-0.1, -0.05) is 29.4 Å². The molecule has 0 unspecified atom stereocenters. The second-order valence-electron chi connectivity index (χ2n) is 4.83. The van der Waals surface area contributed by atoms with Crippen molar-refractivity contribution in [2.24, 2.45) is 0 Å². The molecule has 1 aromatic heterocycles. The van der Waals surface area contributed by atoms with Gasteiger partial charge in [-0.05, 0) is 31.0 Å². The number of nitrogens with two attached hydrogens (primary N) is 1. The molecule has 0 aliphatic heterocycles. The van der Waals surface area contributed by atoms with Gasteiger partial charge in [0, 0.05) is 16.6 Å². The van der Waals surface area contributed by atoms with E-state index in [1.165, 1.54) is 16.4 Å². The highest BCUT2D eigenvalue weighted by molar-refractivity contribution is 7.99. The summed E-state index contributed by atoms with van der Waals surface area (Å²) in [6.07, 6.45) is 2.21. The highest BCUT2D eigenvalue weighted by atomic mass is 35.5. The van der Waals surface area contributed by atoms with E-state index in [4.69, 9.17) is 17.4 Å². The minimum atomic E-state index is -0.141. The highest BCUT2D eigenvalue weighted by Crippen LogP contribution is 2.39. The number of aromatic nitrogens is 3. The van der Waals surface area contributed by atoms with Crippen LogP contribution in [0, 0.1) is 0 Å². The number of nitrogens with zero attached hydrogens (tertiary/aromatic N) is 3. The average molecular weight is 324 g/mol. The Morgan fingerprint density at radius 1 is 1.48 bits per heavy atom. The van der Waals surface area contributed by atoms with Crippen molar-refractivity contribution in [1.82, 2.24) is 14.9 Å². The molecule has 6 nitrogen and oxygen atoms in total. The van der Waals surface area contributed by atoms with Gasteiger partial charge in [-0.25, -0.2) is 4.68 Å². The standard InChI is InChI=1S/C13H14ClN5OS/c14-9-2-1-3-10(6-9)16-11(20)7-21-13-18-17-12(19(13)15)8-4-5-8/h1-3,6,8H,4-5,7,15H2,(H,16,20). The summed E-state index contributed by atoms with van der Waals surface area (Å²) in [4.78, 5) is 11.9. The van der Waals surface area contributed by atoms with E-state index in [0.717, 1.165) is 18.7 Å². The molecule has 1 heterocycles. The van der Waals surface area contributed by atoms with E-state index in [9.17, 15) is 4.79 Å². The van der Waals surface area contributed by atoms with Gasteiger partial charge >= 0.3 is 0 Å². The fourth-order valence-corrected chi connectivity index (χ4v) is 2.75. The molecule has 1 aliphatic rings. The summed E-state index contributed by atoms with van der Waals surface area (Å²) in [5, 5.41) is 12.0. The summed E-state index contributed by atoms with van der Waals surface area (Å²) < 4.78 is 1.48. The first-order valence-corrected chi connectivity index (χ1v) is 7.88. The van der Waals surface area contributed by atoms with Crippen molar-refractivity contribution in [2.75, 3.05) is 16.9 Å². The van der Waals surface area contributed by atoms with E-state index >= 15 is 0 Å². The van der Waals surface area contributed by atoms with Gasteiger partial charge in [-0.15, -0.1) is 10.2 Å². The summed E-state index contributed by atoms with van der Waals surface area (Å²) in [6, 6.07) is 7.01. The molecule has 0 saturated heterocycles. The Labute approximate surface area is 131 Å². The van der Waals surface area contributed by atoms with Gasteiger partial charge in [-0.2, -0.15) is 0 Å². The monoisotopic (exact) mass is 323 g/mol. The van der Waals surface area contributed by atoms with Crippen LogP contribution in [0.4, 0.5) is 5.69 Å². The maximum atomic E-state index is 11.9. The lowest BCUT2D eigenvalue weighted by atomic mass is 10.3. The predicted molar refractivity (Wildman–Crippen MR) is 83.0 cm³/mol. The third-order valence-electron chi connectivity index (χ3n) is 3.07. The molecule has 1 saturated carbocycles. The number of halogens is 1. The lowest BCUT2D eigenvalue weighted by molar-refractivity contribution is -0.113. The van der Waals surface area contributed by atoms with Crippen LogP contribution in [-0.2, 0) is 4.79 Å². The molecule has 2 aromatic rings. The number of amides is 1. The number of nitrogen functional groups attached to an aromatic ring is 1. The SMILES string of the molecule is Nn1c(SCC(=O)Nc2cccc(Cl)c2)nnc1C1CC1. The first-order chi connectivity index (χ1) is 10.1. The molecule has 1 amide bonds. The highest BCUT2D eigenvalue weighted by Gasteiger charge is 2.29. The van der Waals surface area contributed by atoms with Crippen molar-refractivity contribution in [3.8, 4) is 0 Å². The van der Waals surface area contributed by atoms with Crippen LogP contribution in [-0.4, -0.2) is 26.5 Å². The number of rotatable bonds is 5. The summed E-state index contributed by atoms with van der Waals surface area (Å²) in [5.41, 5.74) is 0.668. The summed E-state index contributed by atoms with van der Waals surface area (Å²) in [7, 11) is 0. The maximum absolute atomic E-state index is 11.9. The Morgan fingerprint density at radius 2 is 2.29 bits per heavy atom. The van der Waals surface area contributed by atoms with Crippen LogP contribution in [0.25, 0.3) is 0 Å². The second-order valence-corrected chi connectivity index (χ2v) is 6.21. The van der Waals surface area contributed by atoms with Crippen LogP contribution in [0.15, 0.2) is 29.4 Å². The Balaban J connectivity index is 1.56. The fourth-order valence-electron chi connectivity index (χ4n) is 1.90. The zero-order valence-electron chi connectivity index (χ0n) is 11.1. The third kappa shape index (κ3) is 3.48. The maximum Gasteiger partial charge on any atom is 0.234 e. The third-order valence-corrected chi connectivity index (χ3v) is 4.25. The van der Waals surface area contributed by atoms with E-state index < -0.39 is 0 Å². The molecule has 1 fully saturated rings. The molecule has 0 radical (unpaired) electrons. The van der Waals surface area contributed by atoms with E-state index in [1.807, 2.05) is 0 Å². The van der Waals surface area contributed by atoms with Crippen molar-refractivity contribution in [2.45, 2.75) is 23.9 Å². The van der Waals surface area contributed by atoms with Gasteiger partial charge in [0.15, 0.2) is 5.82 Å². The molecule has 21 heavy (non-hydrogen) atoms.